The number of hydrogen-bond acceptors (Lipinski definition) is 4. The van der Waals surface area contributed by atoms with Gasteiger partial charge in [0.25, 0.3) is 0 Å². The van der Waals surface area contributed by atoms with Crippen molar-refractivity contribution in [1.29, 1.82) is 0 Å². The molecule has 0 aliphatic heterocycles. The lowest BCUT2D eigenvalue weighted by molar-refractivity contribution is -0.126. The summed E-state index contributed by atoms with van der Waals surface area (Å²) in [6, 6.07) is 0. The maximum atomic E-state index is 11.6. The molecular weight excluding hydrogens is 264 g/mol. The maximum absolute atomic E-state index is 11.6. The summed E-state index contributed by atoms with van der Waals surface area (Å²) in [4.78, 5) is 21.8. The second-order valence-electron chi connectivity index (χ2n) is 5.70. The topological polar surface area (TPSA) is 58.1 Å². The van der Waals surface area contributed by atoms with Crippen molar-refractivity contribution in [2.75, 3.05) is 26.0 Å². The average molecular weight is 285 g/mol. The summed E-state index contributed by atoms with van der Waals surface area (Å²) in [5, 5.41) is 3.44. The molecule has 0 aliphatic carbocycles. The van der Waals surface area contributed by atoms with Gasteiger partial charge in [0.05, 0.1) is 6.54 Å². The third-order valence-electron chi connectivity index (χ3n) is 2.66. The number of carbonyl (C=O) groups excluding carboxylic acids is 1. The highest BCUT2D eigenvalue weighted by Crippen LogP contribution is 2.25. The Kier molecular flexibility index (Phi) is 4.74. The van der Waals surface area contributed by atoms with Crippen molar-refractivity contribution >= 4 is 23.3 Å². The summed E-state index contributed by atoms with van der Waals surface area (Å²) in [6.45, 7) is 8.07. The normalized spacial score (nSPS) is 11.3. The van der Waals surface area contributed by atoms with Gasteiger partial charge in [0, 0.05) is 25.1 Å². The van der Waals surface area contributed by atoms with Crippen LogP contribution in [0, 0.1) is 6.92 Å². The van der Waals surface area contributed by atoms with Gasteiger partial charge in [0.2, 0.25) is 5.91 Å². The van der Waals surface area contributed by atoms with Crippen LogP contribution < -0.4 is 5.32 Å². The van der Waals surface area contributed by atoms with Gasteiger partial charge >= 0.3 is 0 Å². The molecule has 0 unspecified atom stereocenters. The molecule has 0 aromatic carbocycles. The van der Waals surface area contributed by atoms with E-state index in [1.54, 1.807) is 14.1 Å². The lowest BCUT2D eigenvalue weighted by atomic mass is 9.95. The van der Waals surface area contributed by atoms with Crippen LogP contribution in [0.1, 0.15) is 32.2 Å². The highest BCUT2D eigenvalue weighted by Gasteiger charge is 2.20. The van der Waals surface area contributed by atoms with Gasteiger partial charge in [0.15, 0.2) is 0 Å². The van der Waals surface area contributed by atoms with Crippen molar-refractivity contribution < 1.29 is 4.79 Å². The van der Waals surface area contributed by atoms with E-state index >= 15 is 0 Å². The Labute approximate surface area is 119 Å². The van der Waals surface area contributed by atoms with E-state index in [4.69, 9.17) is 11.6 Å². The van der Waals surface area contributed by atoms with Crippen LogP contribution in [0.4, 0.5) is 5.82 Å². The Morgan fingerprint density at radius 3 is 2.37 bits per heavy atom. The molecule has 1 aromatic heterocycles. The Hall–Kier alpha value is -1.36. The maximum Gasteiger partial charge on any atom is 0.241 e. The van der Waals surface area contributed by atoms with Crippen LogP contribution in [-0.2, 0) is 10.2 Å². The summed E-state index contributed by atoms with van der Waals surface area (Å²) in [7, 11) is 3.43. The van der Waals surface area contributed by atoms with E-state index in [9.17, 15) is 4.79 Å². The van der Waals surface area contributed by atoms with Crippen molar-refractivity contribution in [1.82, 2.24) is 14.9 Å². The molecule has 1 rings (SSSR count). The number of halogens is 1. The molecule has 1 heterocycles. The van der Waals surface area contributed by atoms with E-state index < -0.39 is 0 Å². The van der Waals surface area contributed by atoms with Crippen LogP contribution in [0.3, 0.4) is 0 Å². The van der Waals surface area contributed by atoms with Crippen LogP contribution in [0.5, 0.6) is 0 Å². The third-order valence-corrected chi connectivity index (χ3v) is 3.03. The minimum Gasteiger partial charge on any atom is -0.361 e. The van der Waals surface area contributed by atoms with Crippen molar-refractivity contribution in [3.05, 3.63) is 16.5 Å². The zero-order valence-electron chi connectivity index (χ0n) is 12.3. The number of aromatic nitrogens is 2. The van der Waals surface area contributed by atoms with Gasteiger partial charge in [-0.25, -0.2) is 9.97 Å². The minimum atomic E-state index is -0.195. The molecule has 1 amide bonds. The van der Waals surface area contributed by atoms with E-state index in [2.05, 4.69) is 15.3 Å². The van der Waals surface area contributed by atoms with Gasteiger partial charge in [-0.1, -0.05) is 32.4 Å². The van der Waals surface area contributed by atoms with Crippen molar-refractivity contribution in [3.63, 3.8) is 0 Å². The second kappa shape index (κ2) is 5.74. The summed E-state index contributed by atoms with van der Waals surface area (Å²) >= 11 is 6.12. The van der Waals surface area contributed by atoms with E-state index in [0.29, 0.717) is 16.8 Å². The molecule has 0 fully saturated rings. The number of rotatable bonds is 3. The first-order valence-electron chi connectivity index (χ1n) is 6.11. The number of amides is 1. The largest absolute Gasteiger partial charge is 0.361 e. The highest BCUT2D eigenvalue weighted by molar-refractivity contribution is 6.30. The van der Waals surface area contributed by atoms with Crippen LogP contribution in [0.25, 0.3) is 0 Å². The number of hydrogen-bond donors (Lipinski definition) is 1. The van der Waals surface area contributed by atoms with Gasteiger partial charge in [0.1, 0.15) is 16.8 Å². The lowest BCUT2D eigenvalue weighted by Crippen LogP contribution is -2.29. The van der Waals surface area contributed by atoms with Gasteiger partial charge < -0.3 is 10.2 Å². The van der Waals surface area contributed by atoms with E-state index in [1.165, 1.54) is 4.90 Å². The third kappa shape index (κ3) is 4.06. The first-order chi connectivity index (χ1) is 8.62. The average Bonchev–Trinajstić information content (AvgIpc) is 2.28. The van der Waals surface area contributed by atoms with Gasteiger partial charge in [-0.3, -0.25) is 4.79 Å². The monoisotopic (exact) mass is 284 g/mol. The van der Waals surface area contributed by atoms with Gasteiger partial charge in [-0.2, -0.15) is 0 Å². The fourth-order valence-corrected chi connectivity index (χ4v) is 1.48. The van der Waals surface area contributed by atoms with Gasteiger partial charge in [-0.15, -0.1) is 0 Å². The molecule has 19 heavy (non-hydrogen) atoms. The predicted octanol–water partition coefficient (Wildman–Crippen LogP) is 2.24. The standard InChI is InChI=1S/C13H21ClN4O/c1-8-10(14)16-12(13(2,3)4)17-11(8)15-7-9(19)18(5)6/h7H2,1-6H3,(H,15,16,17). The Balaban J connectivity index is 3.00. The smallest absolute Gasteiger partial charge is 0.241 e. The number of anilines is 1. The van der Waals surface area contributed by atoms with Crippen molar-refractivity contribution in [2.24, 2.45) is 0 Å². The first kappa shape index (κ1) is 15.7. The SMILES string of the molecule is Cc1c(Cl)nc(C(C)(C)C)nc1NCC(=O)N(C)C. The number of nitrogens with zero attached hydrogens (tertiary/aromatic N) is 3. The quantitative estimate of drug-likeness (QED) is 0.865. The van der Waals surface area contributed by atoms with E-state index in [1.807, 2.05) is 27.7 Å². The fourth-order valence-electron chi connectivity index (χ4n) is 1.31. The van der Waals surface area contributed by atoms with Gasteiger partial charge in [-0.05, 0) is 6.92 Å². The molecule has 1 aromatic rings. The molecular formula is C13H21ClN4O. The molecule has 0 spiro atoms. The fraction of sp³-hybridized carbons (Fsp3) is 0.615. The molecule has 0 saturated heterocycles. The molecule has 0 aliphatic rings. The molecule has 0 radical (unpaired) electrons. The predicted molar refractivity (Wildman–Crippen MR) is 77.7 cm³/mol. The Morgan fingerprint density at radius 1 is 1.32 bits per heavy atom. The molecule has 5 nitrogen and oxygen atoms in total. The minimum absolute atomic E-state index is 0.0218. The zero-order chi connectivity index (χ0) is 14.8. The Bertz CT molecular complexity index is 480. The van der Waals surface area contributed by atoms with Crippen LogP contribution >= 0.6 is 11.6 Å². The van der Waals surface area contributed by atoms with Crippen molar-refractivity contribution in [2.45, 2.75) is 33.1 Å². The van der Waals surface area contributed by atoms with Crippen LogP contribution in [-0.4, -0.2) is 41.4 Å². The van der Waals surface area contributed by atoms with Crippen molar-refractivity contribution in [3.8, 4) is 0 Å². The summed E-state index contributed by atoms with van der Waals surface area (Å²) in [6.07, 6.45) is 0. The number of carbonyl (C=O) groups is 1. The number of nitrogens with one attached hydrogen (secondary N) is 1. The second-order valence-corrected chi connectivity index (χ2v) is 6.06. The first-order valence-corrected chi connectivity index (χ1v) is 6.49. The summed E-state index contributed by atoms with van der Waals surface area (Å²) < 4.78 is 0. The summed E-state index contributed by atoms with van der Waals surface area (Å²) in [5.41, 5.74) is 0.556. The molecule has 106 valence electrons. The molecule has 1 N–H and O–H groups in total. The molecule has 6 heteroatoms. The lowest BCUT2D eigenvalue weighted by Gasteiger charge is -2.19. The van der Waals surface area contributed by atoms with E-state index in [0.717, 1.165) is 5.56 Å². The number of likely N-dealkylation sites (N-methyl/N-ethyl adjacent to an activating group) is 1. The van der Waals surface area contributed by atoms with Crippen LogP contribution in [0.2, 0.25) is 5.15 Å². The molecule has 0 saturated carbocycles. The van der Waals surface area contributed by atoms with E-state index in [-0.39, 0.29) is 17.9 Å². The molecule has 0 bridgehead atoms. The summed E-state index contributed by atoms with van der Waals surface area (Å²) in [5.74, 6) is 1.24. The zero-order valence-corrected chi connectivity index (χ0v) is 13.1. The van der Waals surface area contributed by atoms with Crippen LogP contribution in [0.15, 0.2) is 0 Å². The highest BCUT2D eigenvalue weighted by atomic mass is 35.5. The Morgan fingerprint density at radius 2 is 1.89 bits per heavy atom. The molecule has 0 atom stereocenters.